The molecule has 1 aromatic carbocycles. The van der Waals surface area contributed by atoms with Gasteiger partial charge in [-0.05, 0) is 24.7 Å². The molecule has 0 saturated heterocycles. The van der Waals surface area contributed by atoms with Crippen molar-refractivity contribution in [1.82, 2.24) is 25.6 Å². The lowest BCUT2D eigenvalue weighted by molar-refractivity contribution is 0.0697. The van der Waals surface area contributed by atoms with E-state index < -0.39 is 5.97 Å². The van der Waals surface area contributed by atoms with Crippen molar-refractivity contribution in [2.24, 2.45) is 0 Å². The van der Waals surface area contributed by atoms with E-state index in [2.05, 4.69) is 20.9 Å². The molecule has 0 atom stereocenters. The topological polar surface area (TPSA) is 92.1 Å². The zero-order valence-electron chi connectivity index (χ0n) is 10.1. The van der Waals surface area contributed by atoms with Gasteiger partial charge in [-0.2, -0.15) is 0 Å². The third-order valence-corrected chi connectivity index (χ3v) is 2.52. The Kier molecular flexibility index (Phi) is 3.85. The van der Waals surface area contributed by atoms with Gasteiger partial charge in [0, 0.05) is 6.67 Å². The second-order valence-corrected chi connectivity index (χ2v) is 3.79. The fourth-order valence-electron chi connectivity index (χ4n) is 1.60. The van der Waals surface area contributed by atoms with E-state index in [1.807, 2.05) is 6.92 Å². The van der Waals surface area contributed by atoms with E-state index >= 15 is 0 Å². The summed E-state index contributed by atoms with van der Waals surface area (Å²) in [6, 6.07) is 4.79. The standard InChI is InChI=1S/C11H15N5O2/c1-2-12-6-13-7-16-10-4-3-8(11(17)18)5-9(10)14-15-16/h3-5,12-13H,2,6-7H2,1H3,(H,17,18). The van der Waals surface area contributed by atoms with Crippen molar-refractivity contribution in [1.29, 1.82) is 0 Å². The number of fused-ring (bicyclic) bond motifs is 1. The lowest BCUT2D eigenvalue weighted by Crippen LogP contribution is -2.30. The maximum absolute atomic E-state index is 10.8. The molecule has 7 nitrogen and oxygen atoms in total. The number of aromatic carboxylic acids is 1. The Morgan fingerprint density at radius 2 is 2.28 bits per heavy atom. The highest BCUT2D eigenvalue weighted by atomic mass is 16.4. The van der Waals surface area contributed by atoms with Gasteiger partial charge in [-0.3, -0.25) is 5.32 Å². The molecule has 2 aromatic rings. The first kappa shape index (κ1) is 12.5. The quantitative estimate of drug-likeness (QED) is 0.502. The lowest BCUT2D eigenvalue weighted by atomic mass is 10.2. The molecule has 0 aliphatic rings. The lowest BCUT2D eigenvalue weighted by Gasteiger charge is -2.05. The van der Waals surface area contributed by atoms with E-state index in [1.54, 1.807) is 16.8 Å². The van der Waals surface area contributed by atoms with Crippen molar-refractivity contribution in [3.05, 3.63) is 23.8 Å². The van der Waals surface area contributed by atoms with Gasteiger partial charge in [0.15, 0.2) is 0 Å². The summed E-state index contributed by atoms with van der Waals surface area (Å²) in [5, 5.41) is 23.1. The SMILES string of the molecule is CCNCNCn1nnc2cc(C(=O)O)ccc21. The van der Waals surface area contributed by atoms with Crippen LogP contribution in [-0.2, 0) is 6.67 Å². The van der Waals surface area contributed by atoms with Crippen LogP contribution in [0.5, 0.6) is 0 Å². The fourth-order valence-corrected chi connectivity index (χ4v) is 1.60. The molecule has 0 unspecified atom stereocenters. The minimum Gasteiger partial charge on any atom is -0.478 e. The first-order valence-electron chi connectivity index (χ1n) is 5.70. The van der Waals surface area contributed by atoms with Crippen molar-refractivity contribution < 1.29 is 9.90 Å². The first-order valence-corrected chi connectivity index (χ1v) is 5.70. The second-order valence-electron chi connectivity index (χ2n) is 3.79. The summed E-state index contributed by atoms with van der Waals surface area (Å²) in [7, 11) is 0. The Labute approximate surface area is 104 Å². The molecule has 2 rings (SSSR count). The van der Waals surface area contributed by atoms with Crippen LogP contribution in [0.25, 0.3) is 11.0 Å². The van der Waals surface area contributed by atoms with E-state index in [9.17, 15) is 4.79 Å². The Morgan fingerprint density at radius 3 is 3.00 bits per heavy atom. The number of aromatic nitrogens is 3. The Bertz CT molecular complexity index is 551. The number of carbonyl (C=O) groups is 1. The smallest absolute Gasteiger partial charge is 0.335 e. The van der Waals surface area contributed by atoms with Crippen LogP contribution in [0, 0.1) is 0 Å². The minimum atomic E-state index is -0.961. The molecular weight excluding hydrogens is 234 g/mol. The molecule has 1 heterocycles. The van der Waals surface area contributed by atoms with Gasteiger partial charge in [-0.25, -0.2) is 9.48 Å². The van der Waals surface area contributed by atoms with Gasteiger partial charge >= 0.3 is 5.97 Å². The number of nitrogens with zero attached hydrogens (tertiary/aromatic N) is 3. The second kappa shape index (κ2) is 5.56. The average molecular weight is 249 g/mol. The molecule has 7 heteroatoms. The van der Waals surface area contributed by atoms with E-state index in [0.29, 0.717) is 18.9 Å². The van der Waals surface area contributed by atoms with E-state index in [1.165, 1.54) is 6.07 Å². The molecule has 96 valence electrons. The number of nitrogens with one attached hydrogen (secondary N) is 2. The fraction of sp³-hybridized carbons (Fsp3) is 0.364. The number of carboxylic acid groups (broad SMARTS) is 1. The predicted molar refractivity (Wildman–Crippen MR) is 66.2 cm³/mol. The summed E-state index contributed by atoms with van der Waals surface area (Å²) in [5.41, 5.74) is 1.61. The van der Waals surface area contributed by atoms with Gasteiger partial charge in [0.05, 0.1) is 17.7 Å². The summed E-state index contributed by atoms with van der Waals surface area (Å²) >= 11 is 0. The van der Waals surface area contributed by atoms with Gasteiger partial charge in [-0.15, -0.1) is 5.10 Å². The molecule has 0 bridgehead atoms. The maximum Gasteiger partial charge on any atom is 0.335 e. The van der Waals surface area contributed by atoms with Gasteiger partial charge < -0.3 is 10.4 Å². The predicted octanol–water partition coefficient (Wildman–Crippen LogP) is 0.244. The summed E-state index contributed by atoms with van der Waals surface area (Å²) < 4.78 is 1.69. The summed E-state index contributed by atoms with van der Waals surface area (Å²) in [6.45, 7) is 4.13. The zero-order chi connectivity index (χ0) is 13.0. The first-order chi connectivity index (χ1) is 8.72. The van der Waals surface area contributed by atoms with Crippen molar-refractivity contribution in [2.45, 2.75) is 13.6 Å². The van der Waals surface area contributed by atoms with Crippen LogP contribution < -0.4 is 10.6 Å². The van der Waals surface area contributed by atoms with E-state index in [4.69, 9.17) is 5.11 Å². The highest BCUT2D eigenvalue weighted by Crippen LogP contribution is 2.12. The van der Waals surface area contributed by atoms with Gasteiger partial charge in [0.1, 0.15) is 5.52 Å². The van der Waals surface area contributed by atoms with Gasteiger partial charge in [0.2, 0.25) is 0 Å². The molecule has 0 saturated carbocycles. The van der Waals surface area contributed by atoms with Crippen molar-refractivity contribution in [2.75, 3.05) is 13.2 Å². The molecule has 0 fully saturated rings. The molecule has 18 heavy (non-hydrogen) atoms. The molecule has 1 aromatic heterocycles. The maximum atomic E-state index is 10.8. The van der Waals surface area contributed by atoms with Crippen molar-refractivity contribution >= 4 is 17.0 Å². The van der Waals surface area contributed by atoms with Crippen LogP contribution in [0.3, 0.4) is 0 Å². The highest BCUT2D eigenvalue weighted by molar-refractivity contribution is 5.92. The molecule has 0 amide bonds. The third-order valence-electron chi connectivity index (χ3n) is 2.52. The van der Waals surface area contributed by atoms with Gasteiger partial charge in [-0.1, -0.05) is 12.1 Å². The van der Waals surface area contributed by atoms with Crippen LogP contribution in [0.4, 0.5) is 0 Å². The number of rotatable bonds is 6. The number of hydrogen-bond donors (Lipinski definition) is 3. The van der Waals surface area contributed by atoms with Crippen LogP contribution in [0.2, 0.25) is 0 Å². The monoisotopic (exact) mass is 249 g/mol. The van der Waals surface area contributed by atoms with E-state index in [-0.39, 0.29) is 5.56 Å². The Balaban J connectivity index is 2.13. The number of benzene rings is 1. The molecule has 0 spiro atoms. The van der Waals surface area contributed by atoms with Crippen LogP contribution >= 0.6 is 0 Å². The summed E-state index contributed by atoms with van der Waals surface area (Å²) in [5.74, 6) is -0.961. The largest absolute Gasteiger partial charge is 0.478 e. The Hall–Kier alpha value is -1.99. The minimum absolute atomic E-state index is 0.218. The number of carboxylic acids is 1. The summed E-state index contributed by atoms with van der Waals surface area (Å²) in [6.07, 6.45) is 0. The van der Waals surface area contributed by atoms with Gasteiger partial charge in [0.25, 0.3) is 0 Å². The zero-order valence-corrected chi connectivity index (χ0v) is 10.1. The highest BCUT2D eigenvalue weighted by Gasteiger charge is 2.08. The van der Waals surface area contributed by atoms with Crippen LogP contribution in [0.1, 0.15) is 17.3 Å². The van der Waals surface area contributed by atoms with Crippen LogP contribution in [0.15, 0.2) is 18.2 Å². The van der Waals surface area contributed by atoms with Crippen LogP contribution in [-0.4, -0.2) is 39.3 Å². The molecule has 3 N–H and O–H groups in total. The van der Waals surface area contributed by atoms with Crippen molar-refractivity contribution in [3.8, 4) is 0 Å². The molecular formula is C11H15N5O2. The Morgan fingerprint density at radius 1 is 1.44 bits per heavy atom. The summed E-state index contributed by atoms with van der Waals surface area (Å²) in [4.78, 5) is 10.8. The molecule has 0 radical (unpaired) electrons. The van der Waals surface area contributed by atoms with E-state index in [0.717, 1.165) is 12.1 Å². The van der Waals surface area contributed by atoms with Crippen molar-refractivity contribution in [3.63, 3.8) is 0 Å². The average Bonchev–Trinajstić information content (AvgIpc) is 2.77. The number of hydrogen-bond acceptors (Lipinski definition) is 5. The molecule has 0 aliphatic heterocycles. The molecule has 0 aliphatic carbocycles. The third kappa shape index (κ3) is 2.63. The normalized spacial score (nSPS) is 10.9.